The number of ether oxygens (including phenoxy) is 1. The Bertz CT molecular complexity index is 421. The molecule has 1 atom stereocenters. The van der Waals surface area contributed by atoms with Gasteiger partial charge < -0.3 is 4.74 Å². The summed E-state index contributed by atoms with van der Waals surface area (Å²) in [5, 5.41) is 0. The molecule has 0 fully saturated rings. The number of hydrazine groups is 1. The van der Waals surface area contributed by atoms with Crippen LogP contribution in [0.3, 0.4) is 0 Å². The third-order valence-corrected chi connectivity index (χ3v) is 2.98. The predicted octanol–water partition coefficient (Wildman–Crippen LogP) is 2.42. The minimum Gasteiger partial charge on any atom is -0.379 e. The van der Waals surface area contributed by atoms with Gasteiger partial charge in [0.25, 0.3) is 0 Å². The largest absolute Gasteiger partial charge is 0.416 e. The normalized spacial score (nSPS) is 14.5. The third kappa shape index (κ3) is 4.15. The van der Waals surface area contributed by atoms with Gasteiger partial charge >= 0.3 is 6.18 Å². The molecule has 4 nitrogen and oxygen atoms in total. The Morgan fingerprint density at radius 3 is 2.53 bits per heavy atom. The predicted molar refractivity (Wildman–Crippen MR) is 65.0 cm³/mol. The number of hydrogen-bond donors (Lipinski definition) is 2. The molecule has 0 saturated heterocycles. The Balaban J connectivity index is 3.12. The highest BCUT2D eigenvalue weighted by atomic mass is 19.4. The lowest BCUT2D eigenvalue weighted by atomic mass is 9.92. The molecule has 0 spiro atoms. The van der Waals surface area contributed by atoms with E-state index in [1.165, 1.54) is 13.3 Å². The van der Waals surface area contributed by atoms with Crippen LogP contribution in [0.15, 0.2) is 18.5 Å². The van der Waals surface area contributed by atoms with E-state index in [0.29, 0.717) is 0 Å². The fourth-order valence-corrected chi connectivity index (χ4v) is 1.78. The Morgan fingerprint density at radius 1 is 1.42 bits per heavy atom. The maximum absolute atomic E-state index is 12.9. The summed E-state index contributed by atoms with van der Waals surface area (Å²) >= 11 is 0. The van der Waals surface area contributed by atoms with Crippen molar-refractivity contribution in [3.63, 3.8) is 0 Å². The Kier molecular flexibility index (Phi) is 4.89. The molecule has 1 aromatic heterocycles. The quantitative estimate of drug-likeness (QED) is 0.641. The van der Waals surface area contributed by atoms with Crippen molar-refractivity contribution in [2.24, 2.45) is 5.84 Å². The second kappa shape index (κ2) is 5.85. The van der Waals surface area contributed by atoms with Crippen LogP contribution >= 0.6 is 0 Å². The van der Waals surface area contributed by atoms with E-state index in [1.54, 1.807) is 13.8 Å². The summed E-state index contributed by atoms with van der Waals surface area (Å²) in [7, 11) is 1.50. The minimum absolute atomic E-state index is 0.0163. The number of pyridine rings is 1. The molecule has 0 aromatic carbocycles. The van der Waals surface area contributed by atoms with Crippen LogP contribution < -0.4 is 11.3 Å². The van der Waals surface area contributed by atoms with Gasteiger partial charge in [0, 0.05) is 25.1 Å². The number of methoxy groups -OCH3 is 1. The van der Waals surface area contributed by atoms with Crippen molar-refractivity contribution in [1.29, 1.82) is 0 Å². The lowest BCUT2D eigenvalue weighted by Gasteiger charge is -2.29. The molecular weight excluding hydrogens is 259 g/mol. The molecule has 0 saturated carbocycles. The third-order valence-electron chi connectivity index (χ3n) is 2.98. The minimum atomic E-state index is -4.44. The first-order chi connectivity index (χ1) is 8.71. The van der Waals surface area contributed by atoms with Crippen molar-refractivity contribution in [1.82, 2.24) is 10.4 Å². The van der Waals surface area contributed by atoms with Gasteiger partial charge in [-0.3, -0.25) is 16.3 Å². The van der Waals surface area contributed by atoms with Gasteiger partial charge in [0.2, 0.25) is 0 Å². The summed E-state index contributed by atoms with van der Waals surface area (Å²) < 4.78 is 44.0. The topological polar surface area (TPSA) is 60.2 Å². The molecule has 0 aliphatic rings. The SMILES string of the molecule is COC(C)(C)CC(NN)c1cnccc1C(F)(F)F. The molecular formula is C12H18F3N3O. The van der Waals surface area contributed by atoms with E-state index in [1.807, 2.05) is 0 Å². The number of hydrogen-bond acceptors (Lipinski definition) is 4. The molecule has 1 unspecified atom stereocenters. The highest BCUT2D eigenvalue weighted by Crippen LogP contribution is 2.36. The van der Waals surface area contributed by atoms with Crippen LogP contribution in [0.4, 0.5) is 13.2 Å². The fourth-order valence-electron chi connectivity index (χ4n) is 1.78. The lowest BCUT2D eigenvalue weighted by molar-refractivity contribution is -0.138. The molecule has 108 valence electrons. The zero-order chi connectivity index (χ0) is 14.7. The molecule has 0 amide bonds. The van der Waals surface area contributed by atoms with E-state index >= 15 is 0 Å². The van der Waals surface area contributed by atoms with Crippen LogP contribution in [0.2, 0.25) is 0 Å². The Labute approximate surface area is 110 Å². The monoisotopic (exact) mass is 277 g/mol. The van der Waals surface area contributed by atoms with Crippen molar-refractivity contribution >= 4 is 0 Å². The highest BCUT2D eigenvalue weighted by molar-refractivity contribution is 5.29. The van der Waals surface area contributed by atoms with Crippen molar-refractivity contribution in [3.8, 4) is 0 Å². The van der Waals surface area contributed by atoms with Crippen LogP contribution in [0.25, 0.3) is 0 Å². The zero-order valence-corrected chi connectivity index (χ0v) is 11.1. The first-order valence-corrected chi connectivity index (χ1v) is 5.73. The molecule has 1 heterocycles. The average molecular weight is 277 g/mol. The standard InChI is InChI=1S/C12H18F3N3O/c1-11(2,19-3)6-10(18-16)8-7-17-5-4-9(8)12(13,14)15/h4-5,7,10,18H,6,16H2,1-3H3. The summed E-state index contributed by atoms with van der Waals surface area (Å²) in [6.07, 6.45) is -1.86. The number of halogens is 3. The molecule has 7 heteroatoms. The van der Waals surface area contributed by atoms with Crippen molar-refractivity contribution < 1.29 is 17.9 Å². The van der Waals surface area contributed by atoms with Crippen LogP contribution in [-0.4, -0.2) is 17.7 Å². The smallest absolute Gasteiger partial charge is 0.379 e. The average Bonchev–Trinajstić information content (AvgIpc) is 2.35. The van der Waals surface area contributed by atoms with Gasteiger partial charge in [0.05, 0.1) is 17.2 Å². The lowest BCUT2D eigenvalue weighted by Crippen LogP contribution is -2.36. The van der Waals surface area contributed by atoms with E-state index in [0.717, 1.165) is 12.3 Å². The molecule has 1 rings (SSSR count). The molecule has 1 aromatic rings. The molecule has 0 aliphatic carbocycles. The zero-order valence-electron chi connectivity index (χ0n) is 11.1. The fraction of sp³-hybridized carbons (Fsp3) is 0.583. The van der Waals surface area contributed by atoms with E-state index in [4.69, 9.17) is 10.6 Å². The summed E-state index contributed by atoms with van der Waals surface area (Å²) in [6.45, 7) is 3.56. The van der Waals surface area contributed by atoms with Gasteiger partial charge in [0.1, 0.15) is 0 Å². The maximum Gasteiger partial charge on any atom is 0.416 e. The summed E-state index contributed by atoms with van der Waals surface area (Å²) in [5.41, 5.74) is 1.08. The van der Waals surface area contributed by atoms with E-state index < -0.39 is 23.4 Å². The van der Waals surface area contributed by atoms with Gasteiger partial charge in [-0.15, -0.1) is 0 Å². The van der Waals surface area contributed by atoms with E-state index in [-0.39, 0.29) is 12.0 Å². The van der Waals surface area contributed by atoms with Crippen molar-refractivity contribution in [2.45, 2.75) is 38.1 Å². The van der Waals surface area contributed by atoms with Crippen molar-refractivity contribution in [2.75, 3.05) is 7.11 Å². The van der Waals surface area contributed by atoms with Crippen LogP contribution in [0, 0.1) is 0 Å². The first kappa shape index (κ1) is 15.9. The van der Waals surface area contributed by atoms with E-state index in [2.05, 4.69) is 10.4 Å². The van der Waals surface area contributed by atoms with Crippen molar-refractivity contribution in [3.05, 3.63) is 29.6 Å². The van der Waals surface area contributed by atoms with Gasteiger partial charge in [-0.2, -0.15) is 13.2 Å². The number of aromatic nitrogens is 1. The maximum atomic E-state index is 12.9. The van der Waals surface area contributed by atoms with E-state index in [9.17, 15) is 13.2 Å². The second-order valence-corrected chi connectivity index (χ2v) is 4.85. The van der Waals surface area contributed by atoms with Crippen LogP contribution in [0.1, 0.15) is 37.4 Å². The van der Waals surface area contributed by atoms with Gasteiger partial charge in [-0.05, 0) is 26.3 Å². The molecule has 3 N–H and O–H groups in total. The summed E-state index contributed by atoms with van der Waals surface area (Å²) in [4.78, 5) is 3.75. The van der Waals surface area contributed by atoms with Gasteiger partial charge in [-0.25, -0.2) is 0 Å². The molecule has 19 heavy (non-hydrogen) atoms. The Morgan fingerprint density at radius 2 is 2.05 bits per heavy atom. The summed E-state index contributed by atoms with van der Waals surface area (Å²) in [6, 6.07) is 0.250. The number of rotatable bonds is 5. The number of alkyl halides is 3. The number of nitrogens with two attached hydrogens (primary N) is 1. The molecule has 0 radical (unpaired) electrons. The highest BCUT2D eigenvalue weighted by Gasteiger charge is 2.36. The number of nitrogens with zero attached hydrogens (tertiary/aromatic N) is 1. The summed E-state index contributed by atoms with van der Waals surface area (Å²) in [5.74, 6) is 5.38. The Hall–Kier alpha value is -1.18. The van der Waals surface area contributed by atoms with Gasteiger partial charge in [-0.1, -0.05) is 0 Å². The van der Waals surface area contributed by atoms with Crippen LogP contribution in [-0.2, 0) is 10.9 Å². The number of nitrogens with one attached hydrogen (secondary N) is 1. The van der Waals surface area contributed by atoms with Crippen LogP contribution in [0.5, 0.6) is 0 Å². The molecule has 0 aliphatic heterocycles. The molecule has 0 bridgehead atoms. The van der Waals surface area contributed by atoms with Gasteiger partial charge in [0.15, 0.2) is 0 Å². The second-order valence-electron chi connectivity index (χ2n) is 4.85. The first-order valence-electron chi connectivity index (χ1n) is 5.73.